The van der Waals surface area contributed by atoms with E-state index in [4.69, 9.17) is 0 Å². The van der Waals surface area contributed by atoms with Crippen molar-refractivity contribution in [2.45, 2.75) is 62.6 Å². The summed E-state index contributed by atoms with van der Waals surface area (Å²) in [4.78, 5) is 13.1. The van der Waals surface area contributed by atoms with Gasteiger partial charge < -0.3 is 14.3 Å². The Bertz CT molecular complexity index is 786. The first kappa shape index (κ1) is 27.4. The van der Waals surface area contributed by atoms with E-state index in [-0.39, 0.29) is 0 Å². The molecule has 34 heavy (non-hydrogen) atoms. The molecule has 0 amide bonds. The van der Waals surface area contributed by atoms with Crippen molar-refractivity contribution < 1.29 is 67.0 Å². The summed E-state index contributed by atoms with van der Waals surface area (Å²) >= 11 is 0. The average Bonchev–Trinajstić information content (AvgIpc) is 2.66. The van der Waals surface area contributed by atoms with Gasteiger partial charge in [0.05, 0.1) is 0 Å². The molecular formula is C15H12F12N4O3. The van der Waals surface area contributed by atoms with E-state index >= 15 is 0 Å². The molecule has 194 valence electrons. The molecule has 0 fully saturated rings. The van der Waals surface area contributed by atoms with Crippen LogP contribution in [0.1, 0.15) is 25.7 Å². The summed E-state index contributed by atoms with van der Waals surface area (Å²) in [6.45, 7) is 0. The van der Waals surface area contributed by atoms with E-state index in [1.54, 1.807) is 6.08 Å². The molecule has 1 heterocycles. The fourth-order valence-electron chi connectivity index (χ4n) is 2.36. The lowest BCUT2D eigenvalue weighted by Crippen LogP contribution is -2.47. The monoisotopic (exact) mass is 524 g/mol. The number of alkyl halides is 12. The standard InChI is InChI=1S/C15H12F12N4O3/c16-12(17,18)7(13(19,20)21)32-9-28-10(33-8(14(22,23)24)15(25,26)27)30-11(29-9)34-31-6-4-2-1-3-5-6/h4,7-8,31H,1-3,5H2. The molecule has 1 aromatic rings. The van der Waals surface area contributed by atoms with E-state index in [1.807, 2.05) is 0 Å². The number of nitrogens with zero attached hydrogens (tertiary/aromatic N) is 3. The van der Waals surface area contributed by atoms with E-state index in [2.05, 4.69) is 34.7 Å². The second-order valence-electron chi connectivity index (χ2n) is 6.52. The van der Waals surface area contributed by atoms with Crippen molar-refractivity contribution in [2.75, 3.05) is 0 Å². The van der Waals surface area contributed by atoms with Gasteiger partial charge in [-0.3, -0.25) is 0 Å². The van der Waals surface area contributed by atoms with Crippen LogP contribution < -0.4 is 19.8 Å². The Morgan fingerprint density at radius 2 is 1.06 bits per heavy atom. The Morgan fingerprint density at radius 1 is 0.647 bits per heavy atom. The number of aromatic nitrogens is 3. The maximum Gasteiger partial charge on any atom is 0.434 e. The zero-order valence-corrected chi connectivity index (χ0v) is 16.2. The van der Waals surface area contributed by atoms with Gasteiger partial charge in [-0.2, -0.15) is 52.7 Å². The van der Waals surface area contributed by atoms with Crippen LogP contribution in [0.3, 0.4) is 0 Å². The zero-order valence-electron chi connectivity index (χ0n) is 16.2. The molecular weight excluding hydrogens is 512 g/mol. The number of hydroxylamine groups is 1. The fourth-order valence-corrected chi connectivity index (χ4v) is 2.36. The van der Waals surface area contributed by atoms with Gasteiger partial charge in [-0.05, 0) is 25.7 Å². The Morgan fingerprint density at radius 3 is 1.41 bits per heavy atom. The van der Waals surface area contributed by atoms with Gasteiger partial charge in [0.25, 0.3) is 12.2 Å². The van der Waals surface area contributed by atoms with Crippen molar-refractivity contribution in [3.8, 4) is 18.0 Å². The quantitative estimate of drug-likeness (QED) is 0.399. The number of halogens is 12. The molecule has 0 unspecified atom stereocenters. The molecule has 19 heteroatoms. The van der Waals surface area contributed by atoms with E-state index in [0.29, 0.717) is 25.0 Å². The van der Waals surface area contributed by atoms with Gasteiger partial charge in [0, 0.05) is 5.70 Å². The number of rotatable bonds is 7. The highest BCUT2D eigenvalue weighted by molar-refractivity contribution is 5.11. The Balaban J connectivity index is 2.42. The van der Waals surface area contributed by atoms with Crippen LogP contribution >= 0.6 is 0 Å². The third-order valence-corrected chi connectivity index (χ3v) is 3.77. The lowest BCUT2D eigenvalue weighted by Gasteiger charge is -2.24. The van der Waals surface area contributed by atoms with Crippen molar-refractivity contribution in [2.24, 2.45) is 0 Å². The number of hydrogen-bond acceptors (Lipinski definition) is 7. The summed E-state index contributed by atoms with van der Waals surface area (Å²) in [5, 5.41) is 0. The van der Waals surface area contributed by atoms with Crippen molar-refractivity contribution >= 4 is 0 Å². The molecule has 1 aliphatic rings. The highest BCUT2D eigenvalue weighted by Crippen LogP contribution is 2.38. The normalized spacial score (nSPS) is 15.9. The molecule has 1 aliphatic carbocycles. The third kappa shape index (κ3) is 7.86. The predicted octanol–water partition coefficient (Wildman–Crippen LogP) is 4.96. The first-order chi connectivity index (χ1) is 15.4. The van der Waals surface area contributed by atoms with Crippen molar-refractivity contribution in [3.63, 3.8) is 0 Å². The number of nitrogens with one attached hydrogen (secondary N) is 1. The van der Waals surface area contributed by atoms with Gasteiger partial charge in [0.2, 0.25) is 0 Å². The van der Waals surface area contributed by atoms with Crippen molar-refractivity contribution in [1.82, 2.24) is 20.4 Å². The van der Waals surface area contributed by atoms with E-state index < -0.39 is 54.9 Å². The molecule has 0 aliphatic heterocycles. The summed E-state index contributed by atoms with van der Waals surface area (Å²) in [6, 6.07) is -5.28. The highest BCUT2D eigenvalue weighted by atomic mass is 19.4. The van der Waals surface area contributed by atoms with Gasteiger partial charge in [-0.15, -0.1) is 15.0 Å². The maximum absolute atomic E-state index is 12.7. The van der Waals surface area contributed by atoms with E-state index in [1.165, 1.54) is 0 Å². The zero-order chi connectivity index (χ0) is 25.9. The van der Waals surface area contributed by atoms with Crippen LogP contribution in [0.5, 0.6) is 18.0 Å². The van der Waals surface area contributed by atoms with Crippen LogP contribution in [0.2, 0.25) is 0 Å². The van der Waals surface area contributed by atoms with Crippen LogP contribution in [-0.2, 0) is 0 Å². The summed E-state index contributed by atoms with van der Waals surface area (Å²) in [7, 11) is 0. The number of allylic oxidation sites excluding steroid dienone is 2. The van der Waals surface area contributed by atoms with E-state index in [0.717, 1.165) is 6.42 Å². The molecule has 1 aromatic heterocycles. The Kier molecular flexibility index (Phi) is 7.86. The van der Waals surface area contributed by atoms with E-state index in [9.17, 15) is 52.7 Å². The van der Waals surface area contributed by atoms with Crippen LogP contribution in [-0.4, -0.2) is 51.9 Å². The summed E-state index contributed by atoms with van der Waals surface area (Å²) in [5.41, 5.74) is 2.45. The molecule has 0 spiro atoms. The summed E-state index contributed by atoms with van der Waals surface area (Å²) in [5.74, 6) is 0. The topological polar surface area (TPSA) is 78.4 Å². The molecule has 7 nitrogen and oxygen atoms in total. The smallest absolute Gasteiger partial charge is 0.434 e. The predicted molar refractivity (Wildman–Crippen MR) is 83.2 cm³/mol. The Labute approximate surface area is 181 Å². The lowest BCUT2D eigenvalue weighted by atomic mass is 10.1. The minimum absolute atomic E-state index is 0.323. The van der Waals surface area contributed by atoms with Gasteiger partial charge in [-0.1, -0.05) is 6.08 Å². The summed E-state index contributed by atoms with van der Waals surface area (Å²) in [6.07, 6.45) is -29.7. The minimum Gasteiger partial charge on any atom is -0.440 e. The van der Waals surface area contributed by atoms with Crippen LogP contribution in [0, 0.1) is 0 Å². The second-order valence-corrected chi connectivity index (χ2v) is 6.52. The molecule has 0 saturated heterocycles. The summed E-state index contributed by atoms with van der Waals surface area (Å²) < 4.78 is 160. The van der Waals surface area contributed by atoms with Gasteiger partial charge in [-0.25, -0.2) is 5.48 Å². The van der Waals surface area contributed by atoms with Gasteiger partial charge in [0.1, 0.15) is 0 Å². The Hall–Kier alpha value is -2.89. The first-order valence-corrected chi connectivity index (χ1v) is 8.85. The minimum atomic E-state index is -6.11. The molecule has 0 bridgehead atoms. The largest absolute Gasteiger partial charge is 0.440 e. The lowest BCUT2D eigenvalue weighted by molar-refractivity contribution is -0.302. The van der Waals surface area contributed by atoms with Crippen molar-refractivity contribution in [1.29, 1.82) is 0 Å². The molecule has 0 radical (unpaired) electrons. The number of ether oxygens (including phenoxy) is 2. The number of hydrogen-bond donors (Lipinski definition) is 1. The molecule has 0 aromatic carbocycles. The molecule has 0 atom stereocenters. The van der Waals surface area contributed by atoms with Gasteiger partial charge >= 0.3 is 42.7 Å². The highest BCUT2D eigenvalue weighted by Gasteiger charge is 2.61. The maximum atomic E-state index is 12.7. The third-order valence-electron chi connectivity index (χ3n) is 3.77. The van der Waals surface area contributed by atoms with Crippen LogP contribution in [0.4, 0.5) is 52.7 Å². The molecule has 1 N–H and O–H groups in total. The first-order valence-electron chi connectivity index (χ1n) is 8.85. The fraction of sp³-hybridized carbons (Fsp3) is 0.667. The van der Waals surface area contributed by atoms with Crippen LogP contribution in [0.15, 0.2) is 11.8 Å². The average molecular weight is 524 g/mol. The molecule has 2 rings (SSSR count). The van der Waals surface area contributed by atoms with Crippen LogP contribution in [0.25, 0.3) is 0 Å². The molecule has 0 saturated carbocycles. The second kappa shape index (κ2) is 9.77. The van der Waals surface area contributed by atoms with Crippen molar-refractivity contribution in [3.05, 3.63) is 11.8 Å². The SMILES string of the molecule is FC(F)(F)C(Oc1nc(ONC2=CCCCC2)nc(OC(C(F)(F)F)C(F)(F)F)n1)C(F)(F)F. The van der Waals surface area contributed by atoms with Gasteiger partial charge in [0.15, 0.2) is 0 Å².